The number of carbonyl (C=O) groups excluding carboxylic acids is 1. The predicted molar refractivity (Wildman–Crippen MR) is 90.1 cm³/mol. The van der Waals surface area contributed by atoms with E-state index in [4.69, 9.17) is 0 Å². The molecule has 1 atom stereocenters. The zero-order chi connectivity index (χ0) is 15.2. The summed E-state index contributed by atoms with van der Waals surface area (Å²) < 4.78 is 0.950. The largest absolute Gasteiger partial charge is 0.325 e. The lowest BCUT2D eigenvalue weighted by Gasteiger charge is -2.24. The molecule has 0 aliphatic heterocycles. The van der Waals surface area contributed by atoms with E-state index in [2.05, 4.69) is 33.4 Å². The highest BCUT2D eigenvalue weighted by Gasteiger charge is 2.18. The average molecular weight is 347 g/mol. The van der Waals surface area contributed by atoms with Crippen LogP contribution in [0.15, 0.2) is 59.1 Å². The first-order valence-electron chi connectivity index (χ1n) is 6.87. The van der Waals surface area contributed by atoms with E-state index in [0.717, 1.165) is 16.7 Å². The summed E-state index contributed by atoms with van der Waals surface area (Å²) in [6.07, 6.45) is 0. The quantitative estimate of drug-likeness (QED) is 0.890. The van der Waals surface area contributed by atoms with Crippen LogP contribution >= 0.6 is 15.9 Å². The minimum absolute atomic E-state index is 0.00784. The van der Waals surface area contributed by atoms with E-state index in [0.29, 0.717) is 0 Å². The van der Waals surface area contributed by atoms with Gasteiger partial charge >= 0.3 is 0 Å². The molecule has 2 aromatic carbocycles. The first kappa shape index (κ1) is 15.7. The van der Waals surface area contributed by atoms with Crippen LogP contribution in [0.25, 0.3) is 0 Å². The van der Waals surface area contributed by atoms with Crippen LogP contribution in [-0.2, 0) is 11.3 Å². The van der Waals surface area contributed by atoms with Gasteiger partial charge < -0.3 is 5.32 Å². The molecule has 0 aliphatic carbocycles. The highest BCUT2D eigenvalue weighted by molar-refractivity contribution is 9.10. The molecule has 0 saturated heterocycles. The number of halogens is 1. The smallest absolute Gasteiger partial charge is 0.241 e. The number of amides is 1. The van der Waals surface area contributed by atoms with Crippen molar-refractivity contribution in [1.29, 1.82) is 0 Å². The zero-order valence-corrected chi connectivity index (χ0v) is 13.8. The molecule has 0 spiro atoms. The highest BCUT2D eigenvalue weighted by Crippen LogP contribution is 2.16. The molecule has 0 saturated carbocycles. The van der Waals surface area contributed by atoms with Crippen LogP contribution < -0.4 is 5.32 Å². The van der Waals surface area contributed by atoms with Crippen molar-refractivity contribution >= 4 is 27.5 Å². The maximum atomic E-state index is 12.3. The number of nitrogens with one attached hydrogen (secondary N) is 1. The molecule has 1 N–H and O–H groups in total. The molecule has 0 heterocycles. The third kappa shape index (κ3) is 4.69. The minimum atomic E-state index is -0.204. The van der Waals surface area contributed by atoms with Crippen molar-refractivity contribution in [2.24, 2.45) is 0 Å². The average Bonchev–Trinajstić information content (AvgIpc) is 2.47. The van der Waals surface area contributed by atoms with E-state index in [1.54, 1.807) is 0 Å². The summed E-state index contributed by atoms with van der Waals surface area (Å²) in [5.74, 6) is -0.00784. The maximum absolute atomic E-state index is 12.3. The molecule has 3 nitrogen and oxygen atoms in total. The van der Waals surface area contributed by atoms with E-state index in [9.17, 15) is 4.79 Å². The molecule has 4 heteroatoms. The molecule has 0 radical (unpaired) electrons. The molecule has 0 unspecified atom stereocenters. The maximum Gasteiger partial charge on any atom is 0.241 e. The van der Waals surface area contributed by atoms with Crippen LogP contribution in [0.3, 0.4) is 0 Å². The standard InChI is InChI=1S/C17H19BrN2O/c1-13(20(2)12-14-7-4-3-5-8-14)17(21)19-16-10-6-9-15(18)11-16/h3-11,13H,12H2,1-2H3,(H,19,21)/t13-/m0/s1. The lowest BCUT2D eigenvalue weighted by atomic mass is 10.2. The lowest BCUT2D eigenvalue weighted by Crippen LogP contribution is -2.39. The fraction of sp³-hybridized carbons (Fsp3) is 0.235. The van der Waals surface area contributed by atoms with Gasteiger partial charge in [0.25, 0.3) is 0 Å². The molecular weight excluding hydrogens is 328 g/mol. The van der Waals surface area contributed by atoms with Crippen molar-refractivity contribution in [1.82, 2.24) is 4.90 Å². The number of hydrogen-bond donors (Lipinski definition) is 1. The molecule has 110 valence electrons. The van der Waals surface area contributed by atoms with Crippen LogP contribution in [-0.4, -0.2) is 23.9 Å². The Kier molecular flexibility index (Phi) is 5.53. The van der Waals surface area contributed by atoms with Crippen molar-refractivity contribution < 1.29 is 4.79 Å². The van der Waals surface area contributed by atoms with E-state index >= 15 is 0 Å². The Morgan fingerprint density at radius 1 is 1.19 bits per heavy atom. The number of anilines is 1. The molecule has 21 heavy (non-hydrogen) atoms. The lowest BCUT2D eigenvalue weighted by molar-refractivity contribution is -0.120. The van der Waals surface area contributed by atoms with Crippen LogP contribution in [0, 0.1) is 0 Å². The van der Waals surface area contributed by atoms with Crippen LogP contribution in [0.4, 0.5) is 5.69 Å². The van der Waals surface area contributed by atoms with Crippen molar-refractivity contribution in [3.8, 4) is 0 Å². The van der Waals surface area contributed by atoms with Crippen molar-refractivity contribution in [2.75, 3.05) is 12.4 Å². The van der Waals surface area contributed by atoms with E-state index < -0.39 is 0 Å². The Labute approximate surface area is 134 Å². The Morgan fingerprint density at radius 3 is 2.57 bits per heavy atom. The molecule has 2 aromatic rings. The van der Waals surface area contributed by atoms with Gasteiger partial charge in [0, 0.05) is 16.7 Å². The first-order valence-corrected chi connectivity index (χ1v) is 7.66. The van der Waals surface area contributed by atoms with Crippen molar-refractivity contribution in [3.05, 3.63) is 64.6 Å². The molecule has 2 rings (SSSR count). The SMILES string of the molecule is C[C@@H](C(=O)Nc1cccc(Br)c1)N(C)Cc1ccccc1. The van der Waals surface area contributed by atoms with E-state index in [1.807, 2.05) is 61.3 Å². The van der Waals surface area contributed by atoms with Gasteiger partial charge in [-0.05, 0) is 37.7 Å². The van der Waals surface area contributed by atoms with E-state index in [-0.39, 0.29) is 11.9 Å². The summed E-state index contributed by atoms with van der Waals surface area (Å²) in [6, 6.07) is 17.5. The summed E-state index contributed by atoms with van der Waals surface area (Å²) in [6.45, 7) is 2.66. The second-order valence-corrected chi connectivity index (χ2v) is 5.99. The van der Waals surface area contributed by atoms with Gasteiger partial charge in [-0.15, -0.1) is 0 Å². The molecule has 0 bridgehead atoms. The second-order valence-electron chi connectivity index (χ2n) is 5.08. The summed E-state index contributed by atoms with van der Waals surface area (Å²) in [5, 5.41) is 2.94. The summed E-state index contributed by atoms with van der Waals surface area (Å²) in [7, 11) is 1.96. The monoisotopic (exact) mass is 346 g/mol. The van der Waals surface area contributed by atoms with Gasteiger partial charge in [-0.2, -0.15) is 0 Å². The minimum Gasteiger partial charge on any atom is -0.325 e. The summed E-state index contributed by atoms with van der Waals surface area (Å²) in [4.78, 5) is 14.3. The van der Waals surface area contributed by atoms with Gasteiger partial charge in [-0.1, -0.05) is 52.3 Å². The third-order valence-corrected chi connectivity index (χ3v) is 3.90. The fourth-order valence-electron chi connectivity index (χ4n) is 2.02. The number of hydrogen-bond acceptors (Lipinski definition) is 2. The van der Waals surface area contributed by atoms with Gasteiger partial charge in [0.1, 0.15) is 0 Å². The molecule has 0 fully saturated rings. The number of benzene rings is 2. The van der Waals surface area contributed by atoms with Gasteiger partial charge in [0.05, 0.1) is 6.04 Å². The molecule has 0 aromatic heterocycles. The Morgan fingerprint density at radius 2 is 1.90 bits per heavy atom. The van der Waals surface area contributed by atoms with Gasteiger partial charge in [0.2, 0.25) is 5.91 Å². The second kappa shape index (κ2) is 7.38. The Hall–Kier alpha value is -1.65. The van der Waals surface area contributed by atoms with Crippen molar-refractivity contribution in [3.63, 3.8) is 0 Å². The predicted octanol–water partition coefficient (Wildman–Crippen LogP) is 3.91. The molecule has 1 amide bonds. The highest BCUT2D eigenvalue weighted by atomic mass is 79.9. The van der Waals surface area contributed by atoms with Gasteiger partial charge in [-0.25, -0.2) is 0 Å². The van der Waals surface area contributed by atoms with Crippen molar-refractivity contribution in [2.45, 2.75) is 19.5 Å². The Bertz CT molecular complexity index is 601. The molecular formula is C17H19BrN2O. The van der Waals surface area contributed by atoms with Gasteiger partial charge in [0.15, 0.2) is 0 Å². The summed E-state index contributed by atoms with van der Waals surface area (Å²) in [5.41, 5.74) is 2.00. The summed E-state index contributed by atoms with van der Waals surface area (Å²) >= 11 is 3.40. The zero-order valence-electron chi connectivity index (χ0n) is 12.2. The van der Waals surface area contributed by atoms with Crippen LogP contribution in [0.2, 0.25) is 0 Å². The fourth-order valence-corrected chi connectivity index (χ4v) is 2.42. The normalized spacial score (nSPS) is 12.2. The Balaban J connectivity index is 1.95. The first-order chi connectivity index (χ1) is 10.1. The van der Waals surface area contributed by atoms with Gasteiger partial charge in [-0.3, -0.25) is 9.69 Å². The molecule has 0 aliphatic rings. The number of carbonyl (C=O) groups is 1. The van der Waals surface area contributed by atoms with E-state index in [1.165, 1.54) is 5.56 Å². The number of rotatable bonds is 5. The third-order valence-electron chi connectivity index (χ3n) is 3.41. The van der Waals surface area contributed by atoms with Crippen LogP contribution in [0.1, 0.15) is 12.5 Å². The number of likely N-dealkylation sites (N-methyl/N-ethyl adjacent to an activating group) is 1. The topological polar surface area (TPSA) is 32.3 Å². The number of nitrogens with zero attached hydrogens (tertiary/aromatic N) is 1. The van der Waals surface area contributed by atoms with Crippen LogP contribution in [0.5, 0.6) is 0 Å².